The van der Waals surface area contributed by atoms with Crippen molar-refractivity contribution in [3.63, 3.8) is 0 Å². The maximum absolute atomic E-state index is 13.5. The highest BCUT2D eigenvalue weighted by Gasteiger charge is 2.59. The van der Waals surface area contributed by atoms with Crippen LogP contribution in [0, 0.1) is 18.7 Å². The maximum Gasteiger partial charge on any atom is 0.240 e. The number of aromatic nitrogens is 2. The summed E-state index contributed by atoms with van der Waals surface area (Å²) in [6.45, 7) is 2.07. The molecule has 1 aromatic carbocycles. The molecule has 29 heavy (non-hydrogen) atoms. The molecule has 0 amide bonds. The van der Waals surface area contributed by atoms with E-state index in [2.05, 4.69) is 14.9 Å². The first-order valence-electron chi connectivity index (χ1n) is 9.03. The fraction of sp³-hybridized carbons (Fsp3) is 0.529. The summed E-state index contributed by atoms with van der Waals surface area (Å²) in [7, 11) is -7.35. The Balaban J connectivity index is 1.63. The van der Waals surface area contributed by atoms with Crippen molar-refractivity contribution < 1.29 is 25.7 Å². The number of hydrogen-bond acceptors (Lipinski definition) is 7. The topological polar surface area (TPSA) is 122 Å². The number of hydrogen-bond donors (Lipinski definition) is 1. The molecule has 158 valence electrons. The SMILES string of the molecule is Cc1noc([C@]23C[C@H](NS(=O)(=O)c4cccc(F)c4)CC2CN(S(C)(=O)=O)C3)n1. The third-order valence-corrected chi connectivity index (χ3v) is 8.43. The number of nitrogens with zero attached hydrogens (tertiary/aromatic N) is 3. The lowest BCUT2D eigenvalue weighted by molar-refractivity contribution is 0.259. The second kappa shape index (κ2) is 6.83. The molecule has 0 spiro atoms. The fourth-order valence-corrected chi connectivity index (χ4v) is 6.62. The van der Waals surface area contributed by atoms with Crippen molar-refractivity contribution in [1.82, 2.24) is 19.2 Å². The first-order valence-corrected chi connectivity index (χ1v) is 12.4. The van der Waals surface area contributed by atoms with Crippen molar-refractivity contribution >= 4 is 20.0 Å². The van der Waals surface area contributed by atoms with Gasteiger partial charge in [-0.25, -0.2) is 30.3 Å². The van der Waals surface area contributed by atoms with Crippen molar-refractivity contribution in [2.24, 2.45) is 5.92 Å². The van der Waals surface area contributed by atoms with E-state index in [1.54, 1.807) is 6.92 Å². The van der Waals surface area contributed by atoms with E-state index in [1.807, 2.05) is 0 Å². The van der Waals surface area contributed by atoms with Crippen LogP contribution < -0.4 is 4.72 Å². The first kappa shape index (κ1) is 20.4. The van der Waals surface area contributed by atoms with E-state index >= 15 is 0 Å². The van der Waals surface area contributed by atoms with Gasteiger partial charge in [0, 0.05) is 19.1 Å². The quantitative estimate of drug-likeness (QED) is 0.723. The Labute approximate surface area is 168 Å². The number of aryl methyl sites for hydroxylation is 1. The molecular formula is C17H21FN4O5S2. The minimum Gasteiger partial charge on any atom is -0.339 e. The van der Waals surface area contributed by atoms with Crippen molar-refractivity contribution in [3.8, 4) is 0 Å². The molecule has 0 radical (unpaired) electrons. The van der Waals surface area contributed by atoms with E-state index in [9.17, 15) is 21.2 Å². The molecular weight excluding hydrogens is 423 g/mol. The molecule has 1 unspecified atom stereocenters. The van der Waals surface area contributed by atoms with Gasteiger partial charge in [0.2, 0.25) is 25.9 Å². The molecule has 2 fully saturated rings. The van der Waals surface area contributed by atoms with E-state index in [4.69, 9.17) is 4.52 Å². The molecule has 1 aromatic heterocycles. The summed E-state index contributed by atoms with van der Waals surface area (Å²) in [4.78, 5) is 4.16. The van der Waals surface area contributed by atoms with Gasteiger partial charge in [0.1, 0.15) is 5.82 Å². The Morgan fingerprint density at radius 3 is 2.69 bits per heavy atom. The highest BCUT2D eigenvalue weighted by atomic mass is 32.2. The van der Waals surface area contributed by atoms with Gasteiger partial charge in [-0.2, -0.15) is 4.98 Å². The molecule has 1 saturated carbocycles. The van der Waals surface area contributed by atoms with Crippen LogP contribution >= 0.6 is 0 Å². The molecule has 0 bridgehead atoms. The molecule has 1 saturated heterocycles. The van der Waals surface area contributed by atoms with Gasteiger partial charge in [0.05, 0.1) is 16.6 Å². The third kappa shape index (κ3) is 3.69. The fourth-order valence-electron chi connectivity index (χ4n) is 4.42. The lowest BCUT2D eigenvalue weighted by Gasteiger charge is -2.24. The minimum atomic E-state index is -3.93. The lowest BCUT2D eigenvalue weighted by Crippen LogP contribution is -2.39. The van der Waals surface area contributed by atoms with Crippen LogP contribution in [0.1, 0.15) is 24.6 Å². The number of nitrogens with one attached hydrogen (secondary N) is 1. The zero-order valence-electron chi connectivity index (χ0n) is 15.9. The van der Waals surface area contributed by atoms with Crippen LogP contribution in [0.5, 0.6) is 0 Å². The Bertz CT molecular complexity index is 1150. The Hall–Kier alpha value is -1.89. The second-order valence-electron chi connectivity index (χ2n) is 7.77. The molecule has 1 aliphatic heterocycles. The first-order chi connectivity index (χ1) is 13.5. The van der Waals surface area contributed by atoms with Gasteiger partial charge in [-0.15, -0.1) is 0 Å². The van der Waals surface area contributed by atoms with E-state index in [0.717, 1.165) is 12.3 Å². The zero-order valence-corrected chi connectivity index (χ0v) is 17.5. The number of sulfonamides is 2. The van der Waals surface area contributed by atoms with Gasteiger partial charge in [0.15, 0.2) is 5.82 Å². The van der Waals surface area contributed by atoms with E-state index in [-0.39, 0.29) is 23.9 Å². The molecule has 3 atom stereocenters. The van der Waals surface area contributed by atoms with Crippen LogP contribution in [-0.2, 0) is 25.5 Å². The van der Waals surface area contributed by atoms with Gasteiger partial charge in [-0.3, -0.25) is 0 Å². The standard InChI is InChI=1S/C17H21FN4O5S2/c1-11-19-16(27-20-11)17-8-14(6-12(17)9-22(10-17)28(2,23)24)21-29(25,26)15-5-3-4-13(18)7-15/h3-5,7,12,14,21H,6,8-10H2,1-2H3/t12?,14-,17+/m1/s1. The zero-order chi connectivity index (χ0) is 21.0. The normalized spacial score (nSPS) is 28.0. The van der Waals surface area contributed by atoms with E-state index in [0.29, 0.717) is 24.6 Å². The molecule has 2 heterocycles. The Morgan fingerprint density at radius 2 is 2.07 bits per heavy atom. The average molecular weight is 445 g/mol. The molecule has 2 aromatic rings. The predicted molar refractivity (Wildman–Crippen MR) is 100 cm³/mol. The van der Waals surface area contributed by atoms with Crippen molar-refractivity contribution in [2.45, 2.75) is 36.1 Å². The highest BCUT2D eigenvalue weighted by Crippen LogP contribution is 2.50. The summed E-state index contributed by atoms with van der Waals surface area (Å²) < 4.78 is 72.4. The highest BCUT2D eigenvalue weighted by molar-refractivity contribution is 7.89. The largest absolute Gasteiger partial charge is 0.339 e. The van der Waals surface area contributed by atoms with Gasteiger partial charge in [-0.05, 0) is 43.9 Å². The van der Waals surface area contributed by atoms with Gasteiger partial charge < -0.3 is 4.52 Å². The smallest absolute Gasteiger partial charge is 0.240 e. The van der Waals surface area contributed by atoms with E-state index in [1.165, 1.54) is 22.5 Å². The van der Waals surface area contributed by atoms with Crippen LogP contribution in [-0.4, -0.2) is 56.7 Å². The van der Waals surface area contributed by atoms with Crippen LogP contribution in [0.15, 0.2) is 33.7 Å². The lowest BCUT2D eigenvalue weighted by atomic mass is 9.80. The third-order valence-electron chi connectivity index (χ3n) is 5.69. The van der Waals surface area contributed by atoms with Crippen molar-refractivity contribution in [2.75, 3.05) is 19.3 Å². The molecule has 1 aliphatic carbocycles. The second-order valence-corrected chi connectivity index (χ2v) is 11.5. The predicted octanol–water partition coefficient (Wildman–Crippen LogP) is 0.787. The van der Waals surface area contributed by atoms with Crippen molar-refractivity contribution in [1.29, 1.82) is 0 Å². The molecule has 12 heteroatoms. The summed E-state index contributed by atoms with van der Waals surface area (Å²) >= 11 is 0. The van der Waals surface area contributed by atoms with Gasteiger partial charge in [0.25, 0.3) is 0 Å². The molecule has 9 nitrogen and oxygen atoms in total. The summed E-state index contributed by atoms with van der Waals surface area (Å²) in [6, 6.07) is 4.32. The Kier molecular flexibility index (Phi) is 4.80. The molecule has 2 aliphatic rings. The van der Waals surface area contributed by atoms with E-state index < -0.39 is 37.3 Å². The monoisotopic (exact) mass is 444 g/mol. The van der Waals surface area contributed by atoms with Crippen molar-refractivity contribution in [3.05, 3.63) is 41.8 Å². The van der Waals surface area contributed by atoms with Crippen LogP contribution in [0.4, 0.5) is 4.39 Å². The summed E-state index contributed by atoms with van der Waals surface area (Å²) in [6.07, 6.45) is 1.85. The summed E-state index contributed by atoms with van der Waals surface area (Å²) in [5.74, 6) is -0.0802. The average Bonchev–Trinajstić information content (AvgIpc) is 3.26. The molecule has 1 N–H and O–H groups in total. The van der Waals surface area contributed by atoms with Crippen LogP contribution in [0.25, 0.3) is 0 Å². The minimum absolute atomic E-state index is 0.149. The number of benzene rings is 1. The summed E-state index contributed by atoms with van der Waals surface area (Å²) in [5, 5.41) is 3.83. The Morgan fingerprint density at radius 1 is 1.31 bits per heavy atom. The van der Waals surface area contributed by atoms with Gasteiger partial charge in [-0.1, -0.05) is 11.2 Å². The molecule has 4 rings (SSSR count). The van der Waals surface area contributed by atoms with Gasteiger partial charge >= 0.3 is 0 Å². The number of rotatable bonds is 5. The summed E-state index contributed by atoms with van der Waals surface area (Å²) in [5.41, 5.74) is -0.764. The number of halogens is 1. The van der Waals surface area contributed by atoms with Crippen LogP contribution in [0.2, 0.25) is 0 Å². The number of fused-ring (bicyclic) bond motifs is 1. The maximum atomic E-state index is 13.5. The van der Waals surface area contributed by atoms with Crippen LogP contribution in [0.3, 0.4) is 0 Å².